The molecule has 1 N–H and O–H groups in total. The van der Waals surface area contributed by atoms with Crippen LogP contribution in [0.5, 0.6) is 5.75 Å². The number of rotatable bonds is 4. The van der Waals surface area contributed by atoms with Crippen molar-refractivity contribution in [3.05, 3.63) is 59.7 Å². The number of hydrogen-bond acceptors (Lipinski definition) is 3. The number of ether oxygens (including phenoxy) is 1. The second kappa shape index (κ2) is 6.83. The molecule has 1 unspecified atom stereocenters. The Morgan fingerprint density at radius 2 is 1.81 bits per heavy atom. The van der Waals surface area contributed by atoms with Crippen molar-refractivity contribution in [2.45, 2.75) is 38.7 Å². The molecule has 0 radical (unpaired) electrons. The largest absolute Gasteiger partial charge is 0.481 e. The van der Waals surface area contributed by atoms with Gasteiger partial charge in [0.05, 0.1) is 12.1 Å². The molecule has 2 aromatic rings. The molecule has 1 aliphatic heterocycles. The van der Waals surface area contributed by atoms with Gasteiger partial charge in [-0.05, 0) is 11.5 Å². The molecule has 1 amide bonds. The van der Waals surface area contributed by atoms with Gasteiger partial charge in [0.1, 0.15) is 5.75 Å². The first-order valence-corrected chi connectivity index (χ1v) is 8.67. The minimum atomic E-state index is -0.936. The number of para-hydroxylation sites is 1. The van der Waals surface area contributed by atoms with Crippen LogP contribution in [0.3, 0.4) is 0 Å². The van der Waals surface area contributed by atoms with E-state index < -0.39 is 12.1 Å². The van der Waals surface area contributed by atoms with Gasteiger partial charge in [0.15, 0.2) is 0 Å². The Kier molecular flexibility index (Phi) is 4.72. The molecule has 0 spiro atoms. The third-order valence-corrected chi connectivity index (χ3v) is 4.47. The van der Waals surface area contributed by atoms with E-state index in [1.54, 1.807) is 4.90 Å². The first-order valence-electron chi connectivity index (χ1n) is 8.67. The van der Waals surface area contributed by atoms with Crippen molar-refractivity contribution in [1.29, 1.82) is 0 Å². The molecular formula is C21H23NO4. The summed E-state index contributed by atoms with van der Waals surface area (Å²) in [4.78, 5) is 25.7. The lowest BCUT2D eigenvalue weighted by molar-refractivity contribution is -0.136. The monoisotopic (exact) mass is 353 g/mol. The van der Waals surface area contributed by atoms with Gasteiger partial charge in [-0.25, -0.2) is 0 Å². The van der Waals surface area contributed by atoms with Gasteiger partial charge in [-0.15, -0.1) is 0 Å². The number of hydrogen-bond donors (Lipinski definition) is 1. The highest BCUT2D eigenvalue weighted by molar-refractivity contribution is 6.01. The van der Waals surface area contributed by atoms with Crippen LogP contribution in [0.25, 0.3) is 0 Å². The van der Waals surface area contributed by atoms with Crippen LogP contribution in [0.2, 0.25) is 0 Å². The van der Waals surface area contributed by atoms with Gasteiger partial charge >= 0.3 is 5.97 Å². The van der Waals surface area contributed by atoms with E-state index in [-0.39, 0.29) is 24.3 Å². The van der Waals surface area contributed by atoms with Crippen molar-refractivity contribution in [3.63, 3.8) is 0 Å². The number of carbonyl (C=O) groups is 2. The van der Waals surface area contributed by atoms with E-state index in [0.717, 1.165) is 11.1 Å². The average molecular weight is 353 g/mol. The number of carbonyl (C=O) groups excluding carboxylic acids is 1. The fraction of sp³-hybridized carbons (Fsp3) is 0.333. The molecule has 1 atom stereocenters. The fourth-order valence-corrected chi connectivity index (χ4v) is 3.16. The van der Waals surface area contributed by atoms with Crippen molar-refractivity contribution in [3.8, 4) is 5.75 Å². The van der Waals surface area contributed by atoms with E-state index in [2.05, 4.69) is 20.8 Å². The summed E-state index contributed by atoms with van der Waals surface area (Å²) in [5, 5.41) is 9.08. The number of anilines is 1. The molecule has 2 aromatic carbocycles. The highest BCUT2D eigenvalue weighted by Crippen LogP contribution is 2.45. The van der Waals surface area contributed by atoms with Crippen molar-refractivity contribution in [1.82, 2.24) is 0 Å². The molecule has 0 saturated carbocycles. The summed E-state index contributed by atoms with van der Waals surface area (Å²) < 4.78 is 6.19. The molecule has 1 aliphatic rings. The number of carboxylic acid groups (broad SMARTS) is 1. The number of aliphatic carboxylic acids is 1. The highest BCUT2D eigenvalue weighted by atomic mass is 16.5. The molecule has 0 aromatic heterocycles. The number of nitrogens with zero attached hydrogens (tertiary/aromatic N) is 1. The highest BCUT2D eigenvalue weighted by Gasteiger charge is 2.38. The number of benzene rings is 2. The zero-order chi connectivity index (χ0) is 18.9. The zero-order valence-corrected chi connectivity index (χ0v) is 15.2. The molecule has 0 bridgehead atoms. The molecule has 26 heavy (non-hydrogen) atoms. The molecule has 3 rings (SSSR count). The Hall–Kier alpha value is -2.82. The van der Waals surface area contributed by atoms with E-state index in [1.807, 2.05) is 48.5 Å². The standard InChI is InChI=1S/C21H23NO4/c1-21(2,3)15-10-7-11-16-19(15)26-18(14-8-5-4-6-9-14)20(25)22(16)13-12-17(23)24/h4-11,18H,12-13H2,1-3H3,(H,23,24). The van der Waals surface area contributed by atoms with Gasteiger partial charge in [0, 0.05) is 17.7 Å². The summed E-state index contributed by atoms with van der Waals surface area (Å²) in [6, 6.07) is 15.0. The van der Waals surface area contributed by atoms with E-state index >= 15 is 0 Å². The maximum absolute atomic E-state index is 13.1. The van der Waals surface area contributed by atoms with Gasteiger partial charge in [-0.2, -0.15) is 0 Å². The van der Waals surface area contributed by atoms with E-state index in [9.17, 15) is 9.59 Å². The molecule has 0 fully saturated rings. The smallest absolute Gasteiger partial charge is 0.305 e. The van der Waals surface area contributed by atoms with Gasteiger partial charge in [0.2, 0.25) is 6.10 Å². The summed E-state index contributed by atoms with van der Waals surface area (Å²) in [7, 11) is 0. The Morgan fingerprint density at radius 1 is 1.12 bits per heavy atom. The number of amides is 1. The third kappa shape index (κ3) is 3.43. The van der Waals surface area contributed by atoms with Crippen LogP contribution in [0.4, 0.5) is 5.69 Å². The predicted octanol–water partition coefficient (Wildman–Crippen LogP) is 3.93. The van der Waals surface area contributed by atoms with Crippen LogP contribution in [0.1, 0.15) is 44.4 Å². The SMILES string of the molecule is CC(C)(C)c1cccc2c1OC(c1ccccc1)C(=O)N2CCC(=O)O. The maximum Gasteiger partial charge on any atom is 0.305 e. The molecular weight excluding hydrogens is 330 g/mol. The van der Waals surface area contributed by atoms with Crippen LogP contribution in [0.15, 0.2) is 48.5 Å². The number of fused-ring (bicyclic) bond motifs is 1. The van der Waals surface area contributed by atoms with E-state index in [0.29, 0.717) is 11.4 Å². The lowest BCUT2D eigenvalue weighted by atomic mass is 9.85. The lowest BCUT2D eigenvalue weighted by Gasteiger charge is -2.37. The second-order valence-electron chi connectivity index (χ2n) is 7.45. The van der Waals surface area contributed by atoms with Gasteiger partial charge in [-0.3, -0.25) is 9.59 Å². The summed E-state index contributed by atoms with van der Waals surface area (Å²) >= 11 is 0. The van der Waals surface area contributed by atoms with Crippen molar-refractivity contribution in [2.75, 3.05) is 11.4 Å². The van der Waals surface area contributed by atoms with Crippen LogP contribution >= 0.6 is 0 Å². The summed E-state index contributed by atoms with van der Waals surface area (Å²) in [6.45, 7) is 6.37. The molecule has 136 valence electrons. The van der Waals surface area contributed by atoms with Crippen LogP contribution in [0, 0.1) is 0 Å². The quantitative estimate of drug-likeness (QED) is 0.904. The van der Waals surface area contributed by atoms with Crippen LogP contribution < -0.4 is 9.64 Å². The molecule has 5 heteroatoms. The summed E-state index contributed by atoms with van der Waals surface area (Å²) in [6.07, 6.45) is -0.895. The lowest BCUT2D eigenvalue weighted by Crippen LogP contribution is -2.42. The topological polar surface area (TPSA) is 66.8 Å². The first kappa shape index (κ1) is 18.0. The van der Waals surface area contributed by atoms with Gasteiger partial charge < -0.3 is 14.7 Å². The van der Waals surface area contributed by atoms with Crippen molar-refractivity contribution < 1.29 is 19.4 Å². The van der Waals surface area contributed by atoms with E-state index in [1.165, 1.54) is 0 Å². The maximum atomic E-state index is 13.1. The number of carboxylic acids is 1. The zero-order valence-electron chi connectivity index (χ0n) is 15.2. The summed E-state index contributed by atoms with van der Waals surface area (Å²) in [5.41, 5.74) is 2.21. The van der Waals surface area contributed by atoms with E-state index in [4.69, 9.17) is 9.84 Å². The Labute approximate surface area is 153 Å². The van der Waals surface area contributed by atoms with Crippen LogP contribution in [-0.4, -0.2) is 23.5 Å². The summed E-state index contributed by atoms with van der Waals surface area (Å²) in [5.74, 6) is -0.524. The first-order chi connectivity index (χ1) is 12.3. The molecule has 0 aliphatic carbocycles. The molecule has 5 nitrogen and oxygen atoms in total. The predicted molar refractivity (Wildman–Crippen MR) is 99.6 cm³/mol. The van der Waals surface area contributed by atoms with Crippen LogP contribution in [-0.2, 0) is 15.0 Å². The van der Waals surface area contributed by atoms with Gasteiger partial charge in [0.25, 0.3) is 5.91 Å². The molecule has 0 saturated heterocycles. The normalized spacial score (nSPS) is 16.8. The van der Waals surface area contributed by atoms with Crippen molar-refractivity contribution >= 4 is 17.6 Å². The Balaban J connectivity index is 2.11. The second-order valence-corrected chi connectivity index (χ2v) is 7.45. The van der Waals surface area contributed by atoms with Gasteiger partial charge in [-0.1, -0.05) is 63.2 Å². The fourth-order valence-electron chi connectivity index (χ4n) is 3.16. The van der Waals surface area contributed by atoms with Crippen molar-refractivity contribution in [2.24, 2.45) is 0 Å². The average Bonchev–Trinajstić information content (AvgIpc) is 2.59. The third-order valence-electron chi connectivity index (χ3n) is 4.47. The Bertz CT molecular complexity index is 824. The minimum Gasteiger partial charge on any atom is -0.481 e. The Morgan fingerprint density at radius 3 is 2.42 bits per heavy atom. The minimum absolute atomic E-state index is 0.113. The molecule has 1 heterocycles.